The highest BCUT2D eigenvalue weighted by Gasteiger charge is 2.38. The quantitative estimate of drug-likeness (QED) is 0.637. The van der Waals surface area contributed by atoms with Crippen LogP contribution in [0, 0.1) is 0 Å². The number of hydrogen-bond acceptors (Lipinski definition) is 1. The third-order valence-electron chi connectivity index (χ3n) is 2.70. The van der Waals surface area contributed by atoms with Crippen molar-refractivity contribution in [3.63, 3.8) is 0 Å². The number of nitrogens with zero attached hydrogens (tertiary/aromatic N) is 3. The second-order valence-corrected chi connectivity index (χ2v) is 7.82. The van der Waals surface area contributed by atoms with E-state index in [4.69, 9.17) is 0 Å². The van der Waals surface area contributed by atoms with Crippen LogP contribution < -0.4 is 4.68 Å². The molecular formula is C14H28N3+. The largest absolute Gasteiger partial charge is 0.307 e. The minimum atomic E-state index is 0.0341. The van der Waals surface area contributed by atoms with Gasteiger partial charge in [-0.3, -0.25) is 0 Å². The molecule has 0 aromatic carbocycles. The summed E-state index contributed by atoms with van der Waals surface area (Å²) in [5, 5.41) is 0. The lowest BCUT2D eigenvalue weighted by molar-refractivity contribution is -0.831. The average molecular weight is 238 g/mol. The van der Waals surface area contributed by atoms with Crippen molar-refractivity contribution in [2.24, 2.45) is 0 Å². The first-order valence-electron chi connectivity index (χ1n) is 6.36. The van der Waals surface area contributed by atoms with Crippen molar-refractivity contribution in [2.45, 2.75) is 78.8 Å². The highest BCUT2D eigenvalue weighted by Crippen LogP contribution is 2.25. The molecule has 0 aliphatic heterocycles. The summed E-state index contributed by atoms with van der Waals surface area (Å²) >= 11 is 0. The first-order chi connectivity index (χ1) is 7.35. The lowest BCUT2D eigenvalue weighted by Gasteiger charge is -2.29. The van der Waals surface area contributed by atoms with Crippen LogP contribution in [-0.2, 0) is 16.5 Å². The minimum absolute atomic E-state index is 0.0341. The number of aromatic nitrogens is 3. The lowest BCUT2D eigenvalue weighted by Crippen LogP contribution is -2.60. The third-order valence-corrected chi connectivity index (χ3v) is 2.70. The monoisotopic (exact) mass is 238 g/mol. The summed E-state index contributed by atoms with van der Waals surface area (Å²) in [5.41, 5.74) is 0.139. The fraction of sp³-hybridized carbons (Fsp3) is 0.857. The summed E-state index contributed by atoms with van der Waals surface area (Å²) < 4.78 is 4.57. The molecule has 1 aromatic rings. The van der Waals surface area contributed by atoms with Gasteiger partial charge in [0.1, 0.15) is 5.54 Å². The molecule has 0 radical (unpaired) electrons. The van der Waals surface area contributed by atoms with E-state index in [9.17, 15) is 0 Å². The normalized spacial score (nSPS) is 14.2. The molecule has 1 rings (SSSR count). The topological polar surface area (TPSA) is 21.7 Å². The molecule has 1 aromatic heterocycles. The van der Waals surface area contributed by atoms with Crippen LogP contribution in [-0.4, -0.2) is 9.67 Å². The highest BCUT2D eigenvalue weighted by molar-refractivity contribution is 5.01. The molecule has 0 atom stereocenters. The minimum Gasteiger partial charge on any atom is -0.172 e. The molecule has 0 unspecified atom stereocenters. The van der Waals surface area contributed by atoms with E-state index >= 15 is 0 Å². The van der Waals surface area contributed by atoms with Gasteiger partial charge in [0, 0.05) is 5.41 Å². The van der Waals surface area contributed by atoms with Gasteiger partial charge >= 0.3 is 6.33 Å². The van der Waals surface area contributed by atoms with E-state index in [2.05, 4.69) is 76.7 Å². The molecule has 0 fully saturated rings. The maximum absolute atomic E-state index is 4.65. The Kier molecular flexibility index (Phi) is 3.19. The Morgan fingerprint density at radius 2 is 1.41 bits per heavy atom. The first-order valence-corrected chi connectivity index (χ1v) is 6.36. The van der Waals surface area contributed by atoms with E-state index in [0.717, 1.165) is 5.82 Å². The predicted molar refractivity (Wildman–Crippen MR) is 71.1 cm³/mol. The molecule has 0 spiro atoms. The molecule has 3 heteroatoms. The van der Waals surface area contributed by atoms with Crippen molar-refractivity contribution in [3.05, 3.63) is 12.2 Å². The van der Waals surface area contributed by atoms with E-state index in [1.807, 2.05) is 6.33 Å². The molecule has 0 saturated heterocycles. The van der Waals surface area contributed by atoms with E-state index < -0.39 is 0 Å². The number of hydrogen-bond donors (Lipinski definition) is 0. The van der Waals surface area contributed by atoms with Gasteiger partial charge in [-0.1, -0.05) is 20.8 Å². The molecule has 0 saturated carbocycles. The van der Waals surface area contributed by atoms with Crippen molar-refractivity contribution in [2.75, 3.05) is 0 Å². The zero-order valence-corrected chi connectivity index (χ0v) is 12.9. The van der Waals surface area contributed by atoms with Crippen molar-refractivity contribution in [1.29, 1.82) is 0 Å². The van der Waals surface area contributed by atoms with Crippen molar-refractivity contribution in [1.82, 2.24) is 9.67 Å². The Hall–Kier alpha value is -0.860. The molecule has 1 heterocycles. The van der Waals surface area contributed by atoms with E-state index in [0.29, 0.717) is 0 Å². The molecule has 0 bridgehead atoms. The fourth-order valence-corrected chi connectivity index (χ4v) is 1.94. The standard InChI is InChI=1S/C14H28N3/c1-12(2,3)11-15-10-16(13(4,5)6)17(11)14(7,8)9/h10H,1-9H3/q+1. The molecule has 0 N–H and O–H groups in total. The first kappa shape index (κ1) is 14.2. The Balaban J connectivity index is 3.53. The Labute approximate surface area is 106 Å². The van der Waals surface area contributed by atoms with Gasteiger partial charge in [-0.25, -0.2) is 0 Å². The van der Waals surface area contributed by atoms with Crippen LogP contribution in [0.25, 0.3) is 0 Å². The van der Waals surface area contributed by atoms with Gasteiger partial charge in [-0.2, -0.15) is 9.36 Å². The lowest BCUT2D eigenvalue weighted by atomic mass is 9.94. The fourth-order valence-electron chi connectivity index (χ4n) is 1.94. The second kappa shape index (κ2) is 3.82. The van der Waals surface area contributed by atoms with Crippen LogP contribution in [0.15, 0.2) is 6.33 Å². The molecule has 3 nitrogen and oxygen atoms in total. The van der Waals surface area contributed by atoms with Gasteiger partial charge in [0.25, 0.3) is 5.82 Å². The Bertz CT molecular complexity index is 363. The SMILES string of the molecule is CC(C)(C)c1nc[n+](C(C)(C)C)n1C(C)(C)C. The zero-order chi connectivity index (χ0) is 13.6. The Morgan fingerprint density at radius 1 is 0.941 bits per heavy atom. The van der Waals surface area contributed by atoms with E-state index in [-0.39, 0.29) is 16.5 Å². The van der Waals surface area contributed by atoms with Crippen LogP contribution in [0.5, 0.6) is 0 Å². The summed E-state index contributed by atoms with van der Waals surface area (Å²) in [5.74, 6) is 1.14. The summed E-state index contributed by atoms with van der Waals surface area (Å²) in [4.78, 5) is 4.65. The van der Waals surface area contributed by atoms with Crippen molar-refractivity contribution in [3.8, 4) is 0 Å². The van der Waals surface area contributed by atoms with Crippen molar-refractivity contribution < 1.29 is 4.68 Å². The maximum Gasteiger partial charge on any atom is 0.307 e. The van der Waals surface area contributed by atoms with Crippen LogP contribution in [0.3, 0.4) is 0 Å². The van der Waals surface area contributed by atoms with Gasteiger partial charge in [-0.05, 0) is 46.5 Å². The summed E-state index contributed by atoms with van der Waals surface area (Å²) in [7, 11) is 0. The maximum atomic E-state index is 4.65. The van der Waals surface area contributed by atoms with Crippen LogP contribution in [0.1, 0.15) is 68.1 Å². The molecule has 0 amide bonds. The van der Waals surface area contributed by atoms with E-state index in [1.54, 1.807) is 0 Å². The summed E-state index contributed by atoms with van der Waals surface area (Å²) in [6.07, 6.45) is 1.96. The predicted octanol–water partition coefficient (Wildman–Crippen LogP) is 2.98. The van der Waals surface area contributed by atoms with E-state index in [1.165, 1.54) is 0 Å². The molecular weight excluding hydrogens is 210 g/mol. The second-order valence-electron chi connectivity index (χ2n) is 7.82. The van der Waals surface area contributed by atoms with Crippen LogP contribution in [0.2, 0.25) is 0 Å². The van der Waals surface area contributed by atoms with Gasteiger partial charge in [0.15, 0.2) is 0 Å². The molecule has 0 aliphatic rings. The van der Waals surface area contributed by atoms with Crippen LogP contribution in [0.4, 0.5) is 0 Å². The summed E-state index contributed by atoms with van der Waals surface area (Å²) in [6, 6.07) is 0. The smallest absolute Gasteiger partial charge is 0.172 e. The third kappa shape index (κ3) is 2.88. The van der Waals surface area contributed by atoms with Crippen LogP contribution >= 0.6 is 0 Å². The molecule has 98 valence electrons. The molecule has 17 heavy (non-hydrogen) atoms. The van der Waals surface area contributed by atoms with Gasteiger partial charge in [0.2, 0.25) is 0 Å². The van der Waals surface area contributed by atoms with Crippen molar-refractivity contribution >= 4 is 0 Å². The zero-order valence-electron chi connectivity index (χ0n) is 12.9. The number of rotatable bonds is 0. The molecule has 0 aliphatic carbocycles. The van der Waals surface area contributed by atoms with Gasteiger partial charge in [-0.15, -0.1) is 0 Å². The average Bonchev–Trinajstić information content (AvgIpc) is 2.42. The van der Waals surface area contributed by atoms with Gasteiger partial charge in [0.05, 0.1) is 5.54 Å². The Morgan fingerprint density at radius 3 is 1.71 bits per heavy atom. The van der Waals surface area contributed by atoms with Gasteiger partial charge < -0.3 is 0 Å². The summed E-state index contributed by atoms with van der Waals surface area (Å²) in [6.45, 7) is 20.0. The highest BCUT2D eigenvalue weighted by atomic mass is 15.5.